The van der Waals surface area contributed by atoms with Crippen LogP contribution in [0.2, 0.25) is 0 Å². The van der Waals surface area contributed by atoms with Gasteiger partial charge in [-0.1, -0.05) is 88.4 Å². The van der Waals surface area contributed by atoms with Crippen molar-refractivity contribution >= 4 is 51.6 Å². The van der Waals surface area contributed by atoms with Crippen molar-refractivity contribution in [2.45, 2.75) is 52.2 Å². The fourth-order valence-corrected chi connectivity index (χ4v) is 4.21. The number of carbonyl (C=O) groups excluding carboxylic acids is 2. The van der Waals surface area contributed by atoms with Gasteiger partial charge >= 0.3 is 41.5 Å². The molecular formula is C26H35NaO7S. The fourth-order valence-electron chi connectivity index (χ4n) is 3.55. The Balaban J connectivity index is 0.00000612. The molecule has 0 saturated carbocycles. The molecule has 0 fully saturated rings. The van der Waals surface area contributed by atoms with Crippen LogP contribution in [0.3, 0.4) is 0 Å². The molecule has 0 aliphatic rings. The average molecular weight is 515 g/mol. The van der Waals surface area contributed by atoms with E-state index in [1.54, 1.807) is 0 Å². The summed E-state index contributed by atoms with van der Waals surface area (Å²) in [6, 6.07) is 19.3. The molecule has 1 atom stereocenters. The number of carbonyl (C=O) groups is 2. The summed E-state index contributed by atoms with van der Waals surface area (Å²) < 4.78 is 43.6. The first-order chi connectivity index (χ1) is 15.8. The van der Waals surface area contributed by atoms with Crippen molar-refractivity contribution in [1.29, 1.82) is 0 Å². The molecule has 0 saturated heterocycles. The first-order valence-electron chi connectivity index (χ1n) is 11.1. The van der Waals surface area contributed by atoms with Crippen LogP contribution in [-0.2, 0) is 42.0 Å². The quantitative estimate of drug-likeness (QED) is 0.262. The molecule has 1 unspecified atom stereocenters. The minimum atomic E-state index is -4.86. The molecule has 0 spiro atoms. The molecule has 2 rings (SSSR count). The first kappa shape index (κ1) is 31.3. The van der Waals surface area contributed by atoms with Gasteiger partial charge in [-0.3, -0.25) is 14.1 Å². The summed E-state index contributed by atoms with van der Waals surface area (Å²) in [6.07, 6.45) is 0.412. The number of esters is 2. The molecule has 9 heteroatoms. The minimum absolute atomic E-state index is 0. The monoisotopic (exact) mass is 514 g/mol. The van der Waals surface area contributed by atoms with Gasteiger partial charge in [0.1, 0.15) is 0 Å². The van der Waals surface area contributed by atoms with E-state index in [-0.39, 0.29) is 42.8 Å². The molecule has 2 aromatic rings. The zero-order chi connectivity index (χ0) is 25.4. The molecular weight excluding hydrogens is 479 g/mol. The van der Waals surface area contributed by atoms with Crippen LogP contribution < -0.4 is 0 Å². The Bertz CT molecular complexity index is 1050. The molecule has 7 nitrogen and oxygen atoms in total. The SMILES string of the molecule is CC(C)(COC(=O)CC(C(=O)OCC(C)(C)Cc1ccccc1)S(=O)(=O)O)Cc1ccccc1.[NaH]. The molecule has 0 amide bonds. The van der Waals surface area contributed by atoms with Gasteiger partial charge in [0, 0.05) is 10.8 Å². The summed E-state index contributed by atoms with van der Waals surface area (Å²) in [5.74, 6) is -2.08. The standard InChI is InChI=1S/C26H34O7S.Na.H/c1-25(2,16-20-11-7-5-8-12-20)18-32-23(27)15-22(34(29,30)31)24(28)33-19-26(3,4)17-21-13-9-6-10-14-21;;/h5-14,22H,15-19H2,1-4H3,(H,29,30,31);;. The van der Waals surface area contributed by atoms with E-state index in [0.717, 1.165) is 11.1 Å². The predicted octanol–water partition coefficient (Wildman–Crippen LogP) is 3.61. The molecule has 0 bridgehead atoms. The Hall–Kier alpha value is -1.71. The Morgan fingerprint density at radius 3 is 1.60 bits per heavy atom. The normalized spacial score (nSPS) is 12.8. The molecule has 0 aromatic heterocycles. The topological polar surface area (TPSA) is 107 Å². The van der Waals surface area contributed by atoms with Crippen LogP contribution in [0.5, 0.6) is 0 Å². The van der Waals surface area contributed by atoms with Crippen LogP contribution >= 0.6 is 0 Å². The Morgan fingerprint density at radius 1 is 0.800 bits per heavy atom. The fraction of sp³-hybridized carbons (Fsp3) is 0.462. The molecule has 188 valence electrons. The van der Waals surface area contributed by atoms with E-state index < -0.39 is 44.6 Å². The molecule has 0 heterocycles. The first-order valence-corrected chi connectivity index (χ1v) is 12.6. The number of ether oxygens (including phenoxy) is 2. The molecule has 2 aromatic carbocycles. The van der Waals surface area contributed by atoms with Crippen LogP contribution in [-0.4, -0.2) is 72.9 Å². The second-order valence-corrected chi connectivity index (χ2v) is 11.7. The van der Waals surface area contributed by atoms with Crippen LogP contribution in [0, 0.1) is 10.8 Å². The molecule has 0 aliphatic heterocycles. The van der Waals surface area contributed by atoms with Gasteiger partial charge < -0.3 is 9.47 Å². The molecule has 0 radical (unpaired) electrons. The maximum atomic E-state index is 12.5. The summed E-state index contributed by atoms with van der Waals surface area (Å²) in [7, 11) is -4.86. The Kier molecular flexibility index (Phi) is 12.1. The van der Waals surface area contributed by atoms with Crippen molar-refractivity contribution in [3.8, 4) is 0 Å². The van der Waals surface area contributed by atoms with E-state index in [4.69, 9.17) is 9.47 Å². The van der Waals surface area contributed by atoms with Gasteiger partial charge in [-0.05, 0) is 24.0 Å². The van der Waals surface area contributed by atoms with Gasteiger partial charge in [0.2, 0.25) is 0 Å². The summed E-state index contributed by atoms with van der Waals surface area (Å²) in [5.41, 5.74) is 1.22. The number of rotatable bonds is 12. The second kappa shape index (κ2) is 13.6. The van der Waals surface area contributed by atoms with Gasteiger partial charge in [0.15, 0.2) is 5.25 Å². The van der Waals surface area contributed by atoms with E-state index in [2.05, 4.69) is 0 Å². The van der Waals surface area contributed by atoms with E-state index in [1.165, 1.54) is 0 Å². The summed E-state index contributed by atoms with van der Waals surface area (Å²) >= 11 is 0. The Labute approximate surface area is 230 Å². The number of hydrogen-bond acceptors (Lipinski definition) is 6. The third-order valence-electron chi connectivity index (χ3n) is 5.25. The molecule has 35 heavy (non-hydrogen) atoms. The van der Waals surface area contributed by atoms with Crippen molar-refractivity contribution in [2.75, 3.05) is 13.2 Å². The van der Waals surface area contributed by atoms with Gasteiger partial charge in [0.25, 0.3) is 10.1 Å². The van der Waals surface area contributed by atoms with Crippen molar-refractivity contribution in [2.24, 2.45) is 10.8 Å². The summed E-state index contributed by atoms with van der Waals surface area (Å²) in [5, 5.41) is -2.04. The van der Waals surface area contributed by atoms with Crippen molar-refractivity contribution in [3.05, 3.63) is 71.8 Å². The maximum absolute atomic E-state index is 12.5. The zero-order valence-electron chi connectivity index (χ0n) is 20.2. The van der Waals surface area contributed by atoms with E-state index in [1.807, 2.05) is 88.4 Å². The average Bonchev–Trinajstić information content (AvgIpc) is 2.74. The third-order valence-corrected chi connectivity index (χ3v) is 6.33. The van der Waals surface area contributed by atoms with Crippen molar-refractivity contribution < 1.29 is 32.0 Å². The predicted molar refractivity (Wildman–Crippen MR) is 137 cm³/mol. The number of hydrogen-bond donors (Lipinski definition) is 1. The summed E-state index contributed by atoms with van der Waals surface area (Å²) in [6.45, 7) is 7.52. The zero-order valence-corrected chi connectivity index (χ0v) is 21.0. The van der Waals surface area contributed by atoms with Crippen molar-refractivity contribution in [3.63, 3.8) is 0 Å². The van der Waals surface area contributed by atoms with Crippen LogP contribution in [0.1, 0.15) is 45.2 Å². The third kappa shape index (κ3) is 11.7. The van der Waals surface area contributed by atoms with Gasteiger partial charge in [-0.2, -0.15) is 8.42 Å². The summed E-state index contributed by atoms with van der Waals surface area (Å²) in [4.78, 5) is 24.8. The van der Waals surface area contributed by atoms with E-state index in [0.29, 0.717) is 12.8 Å². The van der Waals surface area contributed by atoms with Crippen molar-refractivity contribution in [1.82, 2.24) is 0 Å². The van der Waals surface area contributed by atoms with Gasteiger partial charge in [-0.25, -0.2) is 0 Å². The number of benzene rings is 2. The molecule has 1 N–H and O–H groups in total. The van der Waals surface area contributed by atoms with Crippen LogP contribution in [0.15, 0.2) is 60.7 Å². The second-order valence-electron chi connectivity index (χ2n) is 10.1. The van der Waals surface area contributed by atoms with E-state index >= 15 is 0 Å². The van der Waals surface area contributed by atoms with Gasteiger partial charge in [0.05, 0.1) is 19.6 Å². The Morgan fingerprint density at radius 2 is 1.20 bits per heavy atom. The molecule has 0 aliphatic carbocycles. The van der Waals surface area contributed by atoms with E-state index in [9.17, 15) is 22.6 Å². The van der Waals surface area contributed by atoms with Crippen LogP contribution in [0.25, 0.3) is 0 Å². The van der Waals surface area contributed by atoms with Gasteiger partial charge in [-0.15, -0.1) is 0 Å². The van der Waals surface area contributed by atoms with Crippen LogP contribution in [0.4, 0.5) is 0 Å².